The van der Waals surface area contributed by atoms with Gasteiger partial charge >= 0.3 is 0 Å². The van der Waals surface area contributed by atoms with Crippen molar-refractivity contribution in [1.29, 1.82) is 0 Å². The highest BCUT2D eigenvalue weighted by Gasteiger charge is 2.28. The summed E-state index contributed by atoms with van der Waals surface area (Å²) >= 11 is 0. The molecule has 1 aromatic carbocycles. The maximum absolute atomic E-state index is 10.4. The number of likely N-dealkylation sites (tertiary alicyclic amines) is 1. The van der Waals surface area contributed by atoms with E-state index in [1.165, 1.54) is 18.4 Å². The van der Waals surface area contributed by atoms with Crippen molar-refractivity contribution in [2.24, 2.45) is 5.92 Å². The maximum Gasteiger partial charge on any atom is 0.0919 e. The van der Waals surface area contributed by atoms with Gasteiger partial charge in [0, 0.05) is 12.6 Å². The van der Waals surface area contributed by atoms with Gasteiger partial charge in [0.2, 0.25) is 0 Å². The summed E-state index contributed by atoms with van der Waals surface area (Å²) < 4.78 is 0. The average molecular weight is 247 g/mol. The molecule has 18 heavy (non-hydrogen) atoms. The molecule has 2 unspecified atom stereocenters. The molecule has 2 rings (SSSR count). The molecule has 1 aliphatic rings. The predicted molar refractivity (Wildman–Crippen MR) is 75.6 cm³/mol. The first-order chi connectivity index (χ1) is 8.59. The number of β-amino-alcohol motifs (C(OH)–C–C–N with tert-alkyl or cyclic N) is 1. The van der Waals surface area contributed by atoms with Crippen LogP contribution in [0.25, 0.3) is 0 Å². The molecule has 2 atom stereocenters. The van der Waals surface area contributed by atoms with E-state index in [9.17, 15) is 5.11 Å². The second kappa shape index (κ2) is 5.85. The number of benzene rings is 1. The molecule has 1 fully saturated rings. The predicted octanol–water partition coefficient (Wildman–Crippen LogP) is 3.15. The fraction of sp³-hybridized carbons (Fsp3) is 0.625. The third-order valence-corrected chi connectivity index (χ3v) is 4.14. The van der Waals surface area contributed by atoms with Crippen LogP contribution in [0, 0.1) is 12.8 Å². The van der Waals surface area contributed by atoms with Crippen molar-refractivity contribution < 1.29 is 5.11 Å². The quantitative estimate of drug-likeness (QED) is 0.883. The van der Waals surface area contributed by atoms with Gasteiger partial charge in [-0.15, -0.1) is 0 Å². The van der Waals surface area contributed by atoms with E-state index in [-0.39, 0.29) is 6.10 Å². The van der Waals surface area contributed by atoms with Crippen molar-refractivity contribution >= 4 is 0 Å². The van der Waals surface area contributed by atoms with Crippen molar-refractivity contribution in [3.8, 4) is 0 Å². The maximum atomic E-state index is 10.4. The first kappa shape index (κ1) is 13.6. The lowest BCUT2D eigenvalue weighted by Crippen LogP contribution is -2.36. The molecule has 1 N–H and O–H groups in total. The Bertz CT molecular complexity index is 388. The van der Waals surface area contributed by atoms with Gasteiger partial charge < -0.3 is 5.11 Å². The monoisotopic (exact) mass is 247 g/mol. The first-order valence-electron chi connectivity index (χ1n) is 7.07. The van der Waals surface area contributed by atoms with E-state index in [2.05, 4.69) is 31.7 Å². The lowest BCUT2D eigenvalue weighted by Gasteiger charge is -2.29. The van der Waals surface area contributed by atoms with Crippen LogP contribution in [-0.4, -0.2) is 29.1 Å². The lowest BCUT2D eigenvalue weighted by molar-refractivity contribution is 0.0935. The van der Waals surface area contributed by atoms with Crippen LogP contribution in [0.1, 0.15) is 43.9 Å². The Morgan fingerprint density at radius 1 is 1.33 bits per heavy atom. The van der Waals surface area contributed by atoms with Crippen LogP contribution in [0.3, 0.4) is 0 Å². The molecule has 0 spiro atoms. The topological polar surface area (TPSA) is 23.5 Å². The first-order valence-corrected chi connectivity index (χ1v) is 7.07. The fourth-order valence-corrected chi connectivity index (χ4v) is 3.11. The van der Waals surface area contributed by atoms with Crippen LogP contribution in [0.15, 0.2) is 24.3 Å². The van der Waals surface area contributed by atoms with Crippen molar-refractivity contribution in [1.82, 2.24) is 4.90 Å². The molecule has 0 aromatic heterocycles. The normalized spacial score (nSPS) is 22.6. The molecule has 1 aliphatic heterocycles. The van der Waals surface area contributed by atoms with Crippen LogP contribution in [0.2, 0.25) is 0 Å². The highest BCUT2D eigenvalue weighted by Crippen LogP contribution is 2.27. The Kier molecular flexibility index (Phi) is 4.41. The summed E-state index contributed by atoms with van der Waals surface area (Å²) in [6.07, 6.45) is 2.19. The van der Waals surface area contributed by atoms with Crippen molar-refractivity contribution in [2.45, 2.75) is 45.8 Å². The molecule has 0 amide bonds. The molecule has 0 aliphatic carbocycles. The van der Waals surface area contributed by atoms with E-state index in [0.717, 1.165) is 18.7 Å². The van der Waals surface area contributed by atoms with Gasteiger partial charge in [-0.05, 0) is 43.4 Å². The highest BCUT2D eigenvalue weighted by molar-refractivity contribution is 5.27. The number of nitrogens with zero attached hydrogens (tertiary/aromatic N) is 1. The smallest absolute Gasteiger partial charge is 0.0919 e. The molecule has 0 saturated carbocycles. The zero-order chi connectivity index (χ0) is 13.1. The van der Waals surface area contributed by atoms with Gasteiger partial charge in [-0.2, -0.15) is 0 Å². The van der Waals surface area contributed by atoms with Crippen molar-refractivity contribution in [2.75, 3.05) is 13.1 Å². The van der Waals surface area contributed by atoms with Gasteiger partial charge in [0.1, 0.15) is 0 Å². The van der Waals surface area contributed by atoms with Crippen LogP contribution < -0.4 is 0 Å². The van der Waals surface area contributed by atoms with Crippen molar-refractivity contribution in [3.63, 3.8) is 0 Å². The molecule has 100 valence electrons. The molecular weight excluding hydrogens is 222 g/mol. The van der Waals surface area contributed by atoms with Crippen LogP contribution >= 0.6 is 0 Å². The molecule has 2 heteroatoms. The minimum atomic E-state index is -0.356. The number of aliphatic hydroxyl groups excluding tert-OH is 1. The SMILES string of the molecule is Cc1ccccc1C(O)CN1CCCC1C(C)C. The minimum absolute atomic E-state index is 0.356. The second-order valence-corrected chi connectivity index (χ2v) is 5.82. The van der Waals surface area contributed by atoms with E-state index in [4.69, 9.17) is 0 Å². The summed E-state index contributed by atoms with van der Waals surface area (Å²) in [7, 11) is 0. The van der Waals surface area contributed by atoms with E-state index < -0.39 is 0 Å². The summed E-state index contributed by atoms with van der Waals surface area (Å²) in [6.45, 7) is 8.54. The number of hydrogen-bond acceptors (Lipinski definition) is 2. The summed E-state index contributed by atoms with van der Waals surface area (Å²) in [5, 5.41) is 10.4. The van der Waals surface area contributed by atoms with Crippen molar-refractivity contribution in [3.05, 3.63) is 35.4 Å². The Morgan fingerprint density at radius 3 is 2.72 bits per heavy atom. The number of aliphatic hydroxyl groups is 1. The van der Waals surface area contributed by atoms with E-state index in [1.807, 2.05) is 18.2 Å². The van der Waals surface area contributed by atoms with Gasteiger partial charge in [-0.3, -0.25) is 4.90 Å². The second-order valence-electron chi connectivity index (χ2n) is 5.82. The molecule has 2 nitrogen and oxygen atoms in total. The third kappa shape index (κ3) is 2.93. The zero-order valence-electron chi connectivity index (χ0n) is 11.8. The summed E-state index contributed by atoms with van der Waals surface area (Å²) in [4.78, 5) is 2.46. The van der Waals surface area contributed by atoms with Gasteiger partial charge in [0.05, 0.1) is 6.10 Å². The molecule has 1 heterocycles. The largest absolute Gasteiger partial charge is 0.387 e. The Labute approximate surface area is 111 Å². The van der Waals surface area contributed by atoms with Crippen LogP contribution in [0.5, 0.6) is 0 Å². The Balaban J connectivity index is 2.03. The van der Waals surface area contributed by atoms with E-state index >= 15 is 0 Å². The average Bonchev–Trinajstić information content (AvgIpc) is 2.77. The van der Waals surface area contributed by atoms with E-state index in [1.54, 1.807) is 0 Å². The minimum Gasteiger partial charge on any atom is -0.387 e. The van der Waals surface area contributed by atoms with E-state index in [0.29, 0.717) is 12.0 Å². The number of aryl methyl sites for hydroxylation is 1. The summed E-state index contributed by atoms with van der Waals surface area (Å²) in [5.41, 5.74) is 2.26. The van der Waals surface area contributed by atoms with Gasteiger partial charge in [0.15, 0.2) is 0 Å². The van der Waals surface area contributed by atoms with Gasteiger partial charge in [0.25, 0.3) is 0 Å². The van der Waals surface area contributed by atoms with Gasteiger partial charge in [-0.25, -0.2) is 0 Å². The number of rotatable bonds is 4. The summed E-state index contributed by atoms with van der Waals surface area (Å²) in [5.74, 6) is 0.677. The standard InChI is InChI=1S/C16H25NO/c1-12(2)15-9-6-10-17(15)11-16(18)14-8-5-4-7-13(14)3/h4-5,7-8,12,15-16,18H,6,9-11H2,1-3H3. The van der Waals surface area contributed by atoms with Crippen LogP contribution in [-0.2, 0) is 0 Å². The molecule has 0 bridgehead atoms. The molecular formula is C16H25NO. The van der Waals surface area contributed by atoms with Gasteiger partial charge in [-0.1, -0.05) is 38.1 Å². The molecule has 1 saturated heterocycles. The van der Waals surface area contributed by atoms with Crippen LogP contribution in [0.4, 0.5) is 0 Å². The number of hydrogen-bond donors (Lipinski definition) is 1. The zero-order valence-corrected chi connectivity index (χ0v) is 11.8. The summed E-state index contributed by atoms with van der Waals surface area (Å²) in [6, 6.07) is 8.79. The third-order valence-electron chi connectivity index (χ3n) is 4.14. The Hall–Kier alpha value is -0.860. The lowest BCUT2D eigenvalue weighted by atomic mass is 10.00. The Morgan fingerprint density at radius 2 is 2.06 bits per heavy atom. The molecule has 1 aromatic rings. The fourth-order valence-electron chi connectivity index (χ4n) is 3.11. The highest BCUT2D eigenvalue weighted by atomic mass is 16.3. The molecule has 0 radical (unpaired) electrons.